The Morgan fingerprint density at radius 2 is 1.84 bits per heavy atom. The van der Waals surface area contributed by atoms with Crippen LogP contribution in [-0.2, 0) is 16.6 Å². The number of likely N-dealkylation sites (tertiary alicyclic amines) is 1. The zero-order chi connectivity index (χ0) is 22.4. The number of nitrogens with one attached hydrogen (secondary N) is 2. The van der Waals surface area contributed by atoms with Gasteiger partial charge in [-0.25, -0.2) is 0 Å². The number of carbonyl (C=O) groups excluding carboxylic acids is 2. The second-order valence-electron chi connectivity index (χ2n) is 7.93. The fourth-order valence-corrected chi connectivity index (χ4v) is 3.95. The van der Waals surface area contributed by atoms with Gasteiger partial charge in [-0.15, -0.1) is 0 Å². The average Bonchev–Trinajstić information content (AvgIpc) is 2.99. The largest absolute Gasteiger partial charge is 0.353 e. The highest BCUT2D eigenvalue weighted by Crippen LogP contribution is 2.24. The van der Waals surface area contributed by atoms with Gasteiger partial charge < -0.3 is 15.2 Å². The highest BCUT2D eigenvalue weighted by Gasteiger charge is 2.25. The number of hydrogen-bond acceptors (Lipinski definition) is 5. The molecule has 0 saturated carbocycles. The lowest BCUT2D eigenvalue weighted by Gasteiger charge is -2.31. The molecule has 9 nitrogen and oxygen atoms in total. The normalized spacial score (nSPS) is 15.7. The van der Waals surface area contributed by atoms with Gasteiger partial charge in [0.2, 0.25) is 0 Å². The number of rotatable bonds is 6. The van der Waals surface area contributed by atoms with Crippen LogP contribution in [0.1, 0.15) is 43.0 Å². The third-order valence-electron chi connectivity index (χ3n) is 5.75. The molecule has 2 aromatic rings. The minimum Gasteiger partial charge on any atom is -0.353 e. The Balaban J connectivity index is 1.68. The van der Waals surface area contributed by atoms with Gasteiger partial charge in [-0.2, -0.15) is 0 Å². The van der Waals surface area contributed by atoms with Gasteiger partial charge in [0.25, 0.3) is 5.69 Å². The van der Waals surface area contributed by atoms with Gasteiger partial charge in [0.1, 0.15) is 0 Å². The molecule has 31 heavy (non-hydrogen) atoms. The summed E-state index contributed by atoms with van der Waals surface area (Å²) in [5.74, 6) is -1.61. The van der Waals surface area contributed by atoms with E-state index in [0.717, 1.165) is 31.6 Å². The predicted molar refractivity (Wildman–Crippen MR) is 118 cm³/mol. The predicted octanol–water partition coefficient (Wildman–Crippen LogP) is 2.91. The standard InChI is InChI=1S/C22H29N5O4/c1-16-9-10-17(27(30)31)14-18(16)24-22(29)21(28)23-15-20(19-8-7-11-25(19)2)26-12-5-3-4-6-13-26/h7-11,14,20H,3-6,12-13,15H2,1-2H3,(H,23,28)(H,24,29). The molecule has 3 rings (SSSR count). The van der Waals surface area contributed by atoms with E-state index in [1.54, 1.807) is 6.92 Å². The third kappa shape index (κ3) is 5.69. The molecule has 0 spiro atoms. The van der Waals surface area contributed by atoms with E-state index in [4.69, 9.17) is 0 Å². The number of hydrogen-bond donors (Lipinski definition) is 2. The number of nitrogens with zero attached hydrogens (tertiary/aromatic N) is 3. The summed E-state index contributed by atoms with van der Waals surface area (Å²) in [6.07, 6.45) is 6.60. The van der Waals surface area contributed by atoms with Crippen LogP contribution >= 0.6 is 0 Å². The van der Waals surface area contributed by atoms with Crippen molar-refractivity contribution in [3.8, 4) is 0 Å². The van der Waals surface area contributed by atoms with Crippen LogP contribution in [0, 0.1) is 17.0 Å². The number of nitro groups is 1. The number of aryl methyl sites for hydroxylation is 2. The summed E-state index contributed by atoms with van der Waals surface area (Å²) in [5, 5.41) is 16.2. The topological polar surface area (TPSA) is 110 Å². The fourth-order valence-electron chi connectivity index (χ4n) is 3.95. The van der Waals surface area contributed by atoms with E-state index in [0.29, 0.717) is 12.1 Å². The first kappa shape index (κ1) is 22.5. The van der Waals surface area contributed by atoms with Crippen LogP contribution in [0.3, 0.4) is 0 Å². The van der Waals surface area contributed by atoms with E-state index >= 15 is 0 Å². The Morgan fingerprint density at radius 3 is 2.45 bits per heavy atom. The van der Waals surface area contributed by atoms with E-state index in [1.807, 2.05) is 29.9 Å². The molecule has 0 aliphatic carbocycles. The van der Waals surface area contributed by atoms with Crippen molar-refractivity contribution in [3.63, 3.8) is 0 Å². The highest BCUT2D eigenvalue weighted by molar-refractivity contribution is 6.39. The van der Waals surface area contributed by atoms with Gasteiger partial charge in [0.15, 0.2) is 0 Å². The molecule has 1 aliphatic rings. The zero-order valence-electron chi connectivity index (χ0n) is 18.0. The van der Waals surface area contributed by atoms with Crippen LogP contribution in [0.4, 0.5) is 11.4 Å². The van der Waals surface area contributed by atoms with Crippen LogP contribution < -0.4 is 10.6 Å². The lowest BCUT2D eigenvalue weighted by Crippen LogP contribution is -2.43. The molecule has 9 heteroatoms. The van der Waals surface area contributed by atoms with Crippen molar-refractivity contribution in [2.45, 2.75) is 38.6 Å². The van der Waals surface area contributed by atoms with Crippen molar-refractivity contribution in [1.82, 2.24) is 14.8 Å². The molecule has 1 aliphatic heterocycles. The Labute approximate surface area is 181 Å². The van der Waals surface area contributed by atoms with Crippen LogP contribution in [0.15, 0.2) is 36.5 Å². The molecule has 1 unspecified atom stereocenters. The summed E-state index contributed by atoms with van der Waals surface area (Å²) in [6, 6.07) is 8.13. The first-order valence-electron chi connectivity index (χ1n) is 10.6. The number of nitro benzene ring substituents is 1. The Kier molecular flexibility index (Phi) is 7.41. The van der Waals surface area contributed by atoms with Crippen molar-refractivity contribution in [2.24, 2.45) is 7.05 Å². The number of benzene rings is 1. The Bertz CT molecular complexity index is 947. The summed E-state index contributed by atoms with van der Waals surface area (Å²) >= 11 is 0. The Morgan fingerprint density at radius 1 is 1.13 bits per heavy atom. The van der Waals surface area contributed by atoms with Crippen LogP contribution in [0.5, 0.6) is 0 Å². The zero-order valence-corrected chi connectivity index (χ0v) is 18.0. The minimum absolute atomic E-state index is 0.0330. The van der Waals surface area contributed by atoms with E-state index in [9.17, 15) is 19.7 Å². The van der Waals surface area contributed by atoms with Gasteiger partial charge in [0, 0.05) is 37.6 Å². The summed E-state index contributed by atoms with van der Waals surface area (Å²) in [5.41, 5.74) is 1.82. The number of carbonyl (C=O) groups is 2. The maximum absolute atomic E-state index is 12.5. The smallest absolute Gasteiger partial charge is 0.313 e. The molecular weight excluding hydrogens is 398 g/mol. The van der Waals surface area contributed by atoms with Gasteiger partial charge in [-0.3, -0.25) is 24.6 Å². The van der Waals surface area contributed by atoms with E-state index in [-0.39, 0.29) is 17.4 Å². The Hall–Kier alpha value is -3.20. The third-order valence-corrected chi connectivity index (χ3v) is 5.75. The monoisotopic (exact) mass is 427 g/mol. The van der Waals surface area contributed by atoms with Crippen molar-refractivity contribution >= 4 is 23.2 Å². The SMILES string of the molecule is Cc1ccc([N+](=O)[O-])cc1NC(=O)C(=O)NCC(c1cccn1C)N1CCCCCC1. The van der Waals surface area contributed by atoms with E-state index < -0.39 is 16.7 Å². The first-order valence-corrected chi connectivity index (χ1v) is 10.6. The van der Waals surface area contributed by atoms with Crippen molar-refractivity contribution in [3.05, 3.63) is 57.9 Å². The molecule has 0 radical (unpaired) electrons. The fraction of sp³-hybridized carbons (Fsp3) is 0.455. The maximum Gasteiger partial charge on any atom is 0.313 e. The average molecular weight is 428 g/mol. The molecule has 1 aromatic carbocycles. The maximum atomic E-state index is 12.5. The number of anilines is 1. The van der Waals surface area contributed by atoms with Crippen molar-refractivity contribution in [2.75, 3.05) is 25.0 Å². The van der Waals surface area contributed by atoms with Crippen LogP contribution in [-0.4, -0.2) is 45.8 Å². The minimum atomic E-state index is -0.843. The molecule has 166 valence electrons. The molecule has 2 amide bonds. The van der Waals surface area contributed by atoms with Gasteiger partial charge in [-0.1, -0.05) is 18.9 Å². The summed E-state index contributed by atoms with van der Waals surface area (Å²) in [7, 11) is 1.97. The number of non-ortho nitro benzene ring substituents is 1. The number of aromatic nitrogens is 1. The molecule has 1 aromatic heterocycles. The van der Waals surface area contributed by atoms with Crippen LogP contribution in [0.25, 0.3) is 0 Å². The quantitative estimate of drug-likeness (QED) is 0.418. The van der Waals surface area contributed by atoms with Gasteiger partial charge in [-0.05, 0) is 50.6 Å². The summed E-state index contributed by atoms with van der Waals surface area (Å²) < 4.78 is 2.04. The van der Waals surface area contributed by atoms with Crippen LogP contribution in [0.2, 0.25) is 0 Å². The highest BCUT2D eigenvalue weighted by atomic mass is 16.6. The molecular formula is C22H29N5O4. The molecule has 2 heterocycles. The van der Waals surface area contributed by atoms with Crippen molar-refractivity contribution < 1.29 is 14.5 Å². The second kappa shape index (κ2) is 10.2. The number of amides is 2. The second-order valence-corrected chi connectivity index (χ2v) is 7.93. The lowest BCUT2D eigenvalue weighted by atomic mass is 10.1. The lowest BCUT2D eigenvalue weighted by molar-refractivity contribution is -0.384. The molecule has 2 N–H and O–H groups in total. The van der Waals surface area contributed by atoms with E-state index in [1.165, 1.54) is 31.0 Å². The summed E-state index contributed by atoms with van der Waals surface area (Å²) in [4.78, 5) is 37.7. The molecule has 1 saturated heterocycles. The first-order chi connectivity index (χ1) is 14.9. The van der Waals surface area contributed by atoms with Crippen molar-refractivity contribution in [1.29, 1.82) is 0 Å². The molecule has 1 atom stereocenters. The van der Waals surface area contributed by atoms with E-state index in [2.05, 4.69) is 15.5 Å². The molecule has 0 bridgehead atoms. The van der Waals surface area contributed by atoms with Gasteiger partial charge in [0.05, 0.1) is 16.7 Å². The molecule has 1 fully saturated rings. The summed E-state index contributed by atoms with van der Waals surface area (Å²) in [6.45, 7) is 3.91. The van der Waals surface area contributed by atoms with Gasteiger partial charge >= 0.3 is 11.8 Å².